The van der Waals surface area contributed by atoms with Crippen molar-refractivity contribution in [2.45, 2.75) is 51.7 Å². The van der Waals surface area contributed by atoms with Crippen LogP contribution in [-0.4, -0.2) is 29.3 Å². The van der Waals surface area contributed by atoms with Gasteiger partial charge in [0.25, 0.3) is 0 Å². The third-order valence-electron chi connectivity index (χ3n) is 3.95. The average Bonchev–Trinajstić information content (AvgIpc) is 2.40. The molecule has 0 spiro atoms. The van der Waals surface area contributed by atoms with Gasteiger partial charge in [-0.15, -0.1) is 0 Å². The number of hydrogen-bond acceptors (Lipinski definition) is 4. The third-order valence-corrected chi connectivity index (χ3v) is 3.95. The predicted molar refractivity (Wildman–Crippen MR) is 76.1 cm³/mol. The maximum atomic E-state index is 10.1. The van der Waals surface area contributed by atoms with Gasteiger partial charge in [-0.3, -0.25) is 5.43 Å². The summed E-state index contributed by atoms with van der Waals surface area (Å²) in [5.74, 6) is 0.758. The number of nitrogens with zero attached hydrogens (tertiary/aromatic N) is 1. The van der Waals surface area contributed by atoms with E-state index >= 15 is 0 Å². The largest absolute Gasteiger partial charge is 0.504 e. The first-order chi connectivity index (χ1) is 9.13. The summed E-state index contributed by atoms with van der Waals surface area (Å²) in [5.41, 5.74) is 4.31. The zero-order chi connectivity index (χ0) is 13.8. The summed E-state index contributed by atoms with van der Waals surface area (Å²) in [5, 5.41) is 12.4. The molecule has 1 heterocycles. The molecule has 2 rings (SSSR count). The van der Waals surface area contributed by atoms with Crippen molar-refractivity contribution in [3.63, 3.8) is 0 Å². The number of phenols is 1. The van der Waals surface area contributed by atoms with Gasteiger partial charge in [0, 0.05) is 24.2 Å². The van der Waals surface area contributed by atoms with Crippen molar-refractivity contribution in [1.82, 2.24) is 10.4 Å². The fraction of sp³-hybridized carbons (Fsp3) is 0.600. The molecule has 1 aliphatic heterocycles. The normalized spacial score (nSPS) is 24.4. The molecule has 0 saturated carbocycles. The number of hydrazine groups is 1. The number of nitrogens with one attached hydrogen (secondary N) is 1. The molecule has 2 unspecified atom stereocenters. The smallest absolute Gasteiger partial charge is 0.162 e. The van der Waals surface area contributed by atoms with Crippen LogP contribution in [0.4, 0.5) is 0 Å². The molecule has 0 aliphatic carbocycles. The van der Waals surface area contributed by atoms with Crippen molar-refractivity contribution in [2.75, 3.05) is 7.11 Å². The molecule has 19 heavy (non-hydrogen) atoms. The Kier molecular flexibility index (Phi) is 4.66. The molecule has 1 aromatic rings. The van der Waals surface area contributed by atoms with Gasteiger partial charge in [0.2, 0.25) is 0 Å². The summed E-state index contributed by atoms with van der Waals surface area (Å²) < 4.78 is 5.13. The van der Waals surface area contributed by atoms with Gasteiger partial charge in [-0.2, -0.15) is 0 Å². The maximum absolute atomic E-state index is 10.1. The second-order valence-corrected chi connectivity index (χ2v) is 5.34. The maximum Gasteiger partial charge on any atom is 0.162 e. The van der Waals surface area contributed by atoms with Gasteiger partial charge in [0.1, 0.15) is 0 Å². The van der Waals surface area contributed by atoms with Gasteiger partial charge in [0.15, 0.2) is 11.5 Å². The van der Waals surface area contributed by atoms with Crippen LogP contribution in [0.5, 0.6) is 11.5 Å². The molecule has 2 atom stereocenters. The van der Waals surface area contributed by atoms with Crippen LogP contribution < -0.4 is 10.2 Å². The lowest BCUT2D eigenvalue weighted by atomic mass is 10.00. The molecule has 106 valence electrons. The Morgan fingerprint density at radius 3 is 2.63 bits per heavy atom. The zero-order valence-electron chi connectivity index (χ0n) is 12.0. The molecule has 1 saturated heterocycles. The lowest BCUT2D eigenvalue weighted by molar-refractivity contribution is 0.0432. The highest BCUT2D eigenvalue weighted by atomic mass is 16.5. The van der Waals surface area contributed by atoms with E-state index in [1.165, 1.54) is 19.3 Å². The molecular weight excluding hydrogens is 240 g/mol. The molecule has 0 radical (unpaired) electrons. The van der Waals surface area contributed by atoms with Crippen LogP contribution in [0.2, 0.25) is 0 Å². The molecule has 2 N–H and O–H groups in total. The SMILES string of the molecule is COc1cccc(CNN2C(C)CCCC2C)c1O. The standard InChI is InChI=1S/C15H24N2O2/c1-11-6-4-7-12(2)17(11)16-10-13-8-5-9-14(19-3)15(13)18/h5,8-9,11-12,16,18H,4,6-7,10H2,1-3H3. The van der Waals surface area contributed by atoms with Crippen molar-refractivity contribution in [1.29, 1.82) is 0 Å². The van der Waals surface area contributed by atoms with Gasteiger partial charge < -0.3 is 9.84 Å². The lowest BCUT2D eigenvalue weighted by Crippen LogP contribution is -2.51. The second kappa shape index (κ2) is 6.26. The Morgan fingerprint density at radius 1 is 1.32 bits per heavy atom. The number of piperidine rings is 1. The molecular formula is C15H24N2O2. The molecule has 4 heteroatoms. The number of methoxy groups -OCH3 is 1. The second-order valence-electron chi connectivity index (χ2n) is 5.34. The first kappa shape index (κ1) is 14.2. The van der Waals surface area contributed by atoms with E-state index in [0.29, 0.717) is 24.4 Å². The Morgan fingerprint density at radius 2 is 2.00 bits per heavy atom. The minimum absolute atomic E-state index is 0.231. The summed E-state index contributed by atoms with van der Waals surface area (Å²) in [6.07, 6.45) is 3.74. The van der Waals surface area contributed by atoms with Crippen LogP contribution in [0.15, 0.2) is 18.2 Å². The topological polar surface area (TPSA) is 44.7 Å². The molecule has 1 fully saturated rings. The van der Waals surface area contributed by atoms with Gasteiger partial charge in [-0.25, -0.2) is 5.01 Å². The number of hydrogen-bond donors (Lipinski definition) is 2. The van der Waals surface area contributed by atoms with Crippen LogP contribution in [0.1, 0.15) is 38.7 Å². The Balaban J connectivity index is 2.02. The van der Waals surface area contributed by atoms with E-state index in [0.717, 1.165) is 5.56 Å². The fourth-order valence-electron chi connectivity index (χ4n) is 2.78. The van der Waals surface area contributed by atoms with E-state index in [2.05, 4.69) is 24.3 Å². The molecule has 0 amide bonds. The van der Waals surface area contributed by atoms with E-state index in [9.17, 15) is 5.11 Å². The van der Waals surface area contributed by atoms with Gasteiger partial charge in [-0.05, 0) is 32.8 Å². The Labute approximate surface area is 115 Å². The number of aromatic hydroxyl groups is 1. The third kappa shape index (κ3) is 3.19. The van der Waals surface area contributed by atoms with Crippen LogP contribution in [0, 0.1) is 0 Å². The highest BCUT2D eigenvalue weighted by molar-refractivity contribution is 5.45. The number of rotatable bonds is 4. The molecule has 1 aliphatic rings. The minimum Gasteiger partial charge on any atom is -0.504 e. The van der Waals surface area contributed by atoms with Crippen molar-refractivity contribution in [3.8, 4) is 11.5 Å². The first-order valence-corrected chi connectivity index (χ1v) is 7.00. The van der Waals surface area contributed by atoms with E-state index in [1.54, 1.807) is 13.2 Å². The first-order valence-electron chi connectivity index (χ1n) is 7.00. The highest BCUT2D eigenvalue weighted by Crippen LogP contribution is 2.29. The van der Waals surface area contributed by atoms with Crippen molar-refractivity contribution in [3.05, 3.63) is 23.8 Å². The zero-order valence-corrected chi connectivity index (χ0v) is 12.0. The van der Waals surface area contributed by atoms with Gasteiger partial charge >= 0.3 is 0 Å². The Hall–Kier alpha value is -1.26. The predicted octanol–water partition coefficient (Wildman–Crippen LogP) is 2.67. The molecule has 0 aromatic heterocycles. The summed E-state index contributed by atoms with van der Waals surface area (Å²) in [6.45, 7) is 5.11. The van der Waals surface area contributed by atoms with Crippen LogP contribution in [-0.2, 0) is 6.54 Å². The molecule has 1 aromatic carbocycles. The van der Waals surface area contributed by atoms with E-state index in [1.807, 2.05) is 12.1 Å². The van der Waals surface area contributed by atoms with Crippen LogP contribution in [0.3, 0.4) is 0 Å². The molecule has 4 nitrogen and oxygen atoms in total. The summed E-state index contributed by atoms with van der Waals surface area (Å²) in [4.78, 5) is 0. The number of para-hydroxylation sites is 1. The van der Waals surface area contributed by atoms with E-state index in [-0.39, 0.29) is 5.75 Å². The monoisotopic (exact) mass is 264 g/mol. The van der Waals surface area contributed by atoms with Crippen LogP contribution >= 0.6 is 0 Å². The lowest BCUT2D eigenvalue weighted by Gasteiger charge is -2.39. The van der Waals surface area contributed by atoms with Crippen molar-refractivity contribution < 1.29 is 9.84 Å². The van der Waals surface area contributed by atoms with E-state index < -0.39 is 0 Å². The molecule has 0 bridgehead atoms. The number of benzene rings is 1. The van der Waals surface area contributed by atoms with Gasteiger partial charge in [0.05, 0.1) is 7.11 Å². The van der Waals surface area contributed by atoms with Crippen LogP contribution in [0.25, 0.3) is 0 Å². The Bertz CT molecular complexity index is 413. The number of ether oxygens (including phenoxy) is 1. The summed E-state index contributed by atoms with van der Waals surface area (Å²) in [6, 6.07) is 6.67. The highest BCUT2D eigenvalue weighted by Gasteiger charge is 2.24. The van der Waals surface area contributed by atoms with E-state index in [4.69, 9.17) is 4.74 Å². The van der Waals surface area contributed by atoms with Crippen molar-refractivity contribution in [2.24, 2.45) is 0 Å². The number of phenolic OH excluding ortho intramolecular Hbond substituents is 1. The van der Waals surface area contributed by atoms with Gasteiger partial charge in [-0.1, -0.05) is 18.6 Å². The summed E-state index contributed by atoms with van der Waals surface area (Å²) in [7, 11) is 1.57. The minimum atomic E-state index is 0.231. The summed E-state index contributed by atoms with van der Waals surface area (Å²) >= 11 is 0. The average molecular weight is 264 g/mol. The fourth-order valence-corrected chi connectivity index (χ4v) is 2.78. The quantitative estimate of drug-likeness (QED) is 0.877. The van der Waals surface area contributed by atoms with Crippen molar-refractivity contribution >= 4 is 0 Å².